The maximum absolute atomic E-state index is 11.8. The molecule has 27 heavy (non-hydrogen) atoms. The molecule has 140 valence electrons. The third-order valence-corrected chi connectivity index (χ3v) is 4.66. The van der Waals surface area contributed by atoms with Crippen molar-refractivity contribution in [2.75, 3.05) is 25.0 Å². The number of nitrogens with zero attached hydrogens (tertiary/aromatic N) is 2. The summed E-state index contributed by atoms with van der Waals surface area (Å²) < 4.78 is 6.51. The minimum absolute atomic E-state index is 0.0343. The molecule has 3 rings (SSSR count). The highest BCUT2D eigenvalue weighted by Gasteiger charge is 2.06. The number of para-hydroxylation sites is 1. The summed E-state index contributed by atoms with van der Waals surface area (Å²) in [6.45, 7) is 1.18. The minimum atomic E-state index is -0.446. The van der Waals surface area contributed by atoms with E-state index in [2.05, 4.69) is 15.6 Å². The van der Waals surface area contributed by atoms with Crippen LogP contribution in [0.4, 0.5) is 11.4 Å². The summed E-state index contributed by atoms with van der Waals surface area (Å²) >= 11 is 1.55. The third-order valence-electron chi connectivity index (χ3n) is 3.65. The van der Waals surface area contributed by atoms with E-state index in [1.54, 1.807) is 23.5 Å². The van der Waals surface area contributed by atoms with Gasteiger partial charge in [0, 0.05) is 30.9 Å². The van der Waals surface area contributed by atoms with Gasteiger partial charge in [0.1, 0.15) is 11.6 Å². The fraction of sp³-hybridized carbons (Fsp3) is 0.222. The van der Waals surface area contributed by atoms with Gasteiger partial charge in [-0.1, -0.05) is 12.1 Å². The monoisotopic (exact) mass is 386 g/mol. The molecule has 3 aromatic rings. The van der Waals surface area contributed by atoms with Crippen molar-refractivity contribution in [3.8, 4) is 0 Å². The number of hydrogen-bond donors (Lipinski definition) is 2. The molecule has 1 heterocycles. The summed E-state index contributed by atoms with van der Waals surface area (Å²) in [5.41, 5.74) is 1.73. The Morgan fingerprint density at radius 3 is 2.67 bits per heavy atom. The van der Waals surface area contributed by atoms with E-state index < -0.39 is 4.92 Å². The normalized spacial score (nSPS) is 10.7. The summed E-state index contributed by atoms with van der Waals surface area (Å²) in [6, 6.07) is 13.9. The van der Waals surface area contributed by atoms with Crippen molar-refractivity contribution >= 4 is 38.8 Å². The van der Waals surface area contributed by atoms with E-state index in [1.807, 2.05) is 24.3 Å². The van der Waals surface area contributed by atoms with E-state index in [0.717, 1.165) is 20.9 Å². The number of nitro benzene ring substituents is 1. The van der Waals surface area contributed by atoms with Crippen molar-refractivity contribution in [2.24, 2.45) is 0 Å². The molecule has 0 fully saturated rings. The van der Waals surface area contributed by atoms with Gasteiger partial charge in [-0.05, 0) is 24.3 Å². The Balaban J connectivity index is 1.32. The first-order chi connectivity index (χ1) is 13.1. The second kappa shape index (κ2) is 9.06. The number of nitro groups is 1. The topological polar surface area (TPSA) is 106 Å². The average molecular weight is 386 g/mol. The highest BCUT2D eigenvalue weighted by Crippen LogP contribution is 2.21. The maximum atomic E-state index is 11.8. The van der Waals surface area contributed by atoms with E-state index in [4.69, 9.17) is 4.74 Å². The number of amides is 1. The van der Waals surface area contributed by atoms with Crippen LogP contribution in [0.2, 0.25) is 0 Å². The minimum Gasteiger partial charge on any atom is -0.383 e. The number of ether oxygens (including phenoxy) is 1. The van der Waals surface area contributed by atoms with Gasteiger partial charge in [0.2, 0.25) is 5.91 Å². The number of anilines is 1. The van der Waals surface area contributed by atoms with Crippen LogP contribution in [0.5, 0.6) is 0 Å². The molecule has 0 unspecified atom stereocenters. The third kappa shape index (κ3) is 5.47. The van der Waals surface area contributed by atoms with Gasteiger partial charge in [0.05, 0.1) is 21.7 Å². The molecule has 2 N–H and O–H groups in total. The van der Waals surface area contributed by atoms with E-state index in [9.17, 15) is 14.9 Å². The van der Waals surface area contributed by atoms with Gasteiger partial charge in [-0.3, -0.25) is 14.9 Å². The zero-order valence-corrected chi connectivity index (χ0v) is 15.2. The van der Waals surface area contributed by atoms with Crippen LogP contribution >= 0.6 is 11.3 Å². The van der Waals surface area contributed by atoms with Crippen molar-refractivity contribution in [3.63, 3.8) is 0 Å². The lowest BCUT2D eigenvalue weighted by Crippen LogP contribution is -2.31. The van der Waals surface area contributed by atoms with Crippen LogP contribution in [0.3, 0.4) is 0 Å². The molecule has 0 saturated heterocycles. The first kappa shape index (κ1) is 18.7. The Morgan fingerprint density at radius 1 is 1.15 bits per heavy atom. The first-order valence-corrected chi connectivity index (χ1v) is 9.11. The van der Waals surface area contributed by atoms with Crippen molar-refractivity contribution in [2.45, 2.75) is 6.61 Å². The molecule has 0 bridgehead atoms. The van der Waals surface area contributed by atoms with Crippen LogP contribution in [0.25, 0.3) is 10.2 Å². The summed E-state index contributed by atoms with van der Waals surface area (Å²) in [5.74, 6) is -0.207. The zero-order chi connectivity index (χ0) is 19.1. The second-order valence-electron chi connectivity index (χ2n) is 5.65. The van der Waals surface area contributed by atoms with Crippen LogP contribution in [0.15, 0.2) is 48.5 Å². The number of carbonyl (C=O) groups excluding carboxylic acids is 1. The molecule has 0 aliphatic heterocycles. The second-order valence-corrected chi connectivity index (χ2v) is 6.76. The molecule has 8 nitrogen and oxygen atoms in total. The predicted octanol–water partition coefficient (Wildman–Crippen LogP) is 2.95. The number of hydrogen-bond acceptors (Lipinski definition) is 7. The molecule has 0 aliphatic carbocycles. The summed E-state index contributed by atoms with van der Waals surface area (Å²) in [5, 5.41) is 17.2. The Morgan fingerprint density at radius 2 is 1.93 bits per heavy atom. The predicted molar refractivity (Wildman–Crippen MR) is 104 cm³/mol. The number of non-ortho nitro benzene ring substituents is 1. The standard InChI is InChI=1S/C18H18N4O4S/c23-17(11-26-12-18-21-15-3-1-2-4-16(15)27-18)20-10-9-19-13-5-7-14(8-6-13)22(24)25/h1-8,19H,9-12H2,(H,20,23). The Hall–Kier alpha value is -3.04. The maximum Gasteiger partial charge on any atom is 0.269 e. The van der Waals surface area contributed by atoms with Gasteiger partial charge in [0.25, 0.3) is 5.69 Å². The lowest BCUT2D eigenvalue weighted by atomic mass is 10.3. The van der Waals surface area contributed by atoms with Gasteiger partial charge in [-0.2, -0.15) is 0 Å². The quantitative estimate of drug-likeness (QED) is 0.333. The van der Waals surface area contributed by atoms with Crippen molar-refractivity contribution in [1.29, 1.82) is 0 Å². The highest BCUT2D eigenvalue weighted by atomic mass is 32.1. The van der Waals surface area contributed by atoms with Gasteiger partial charge in [-0.15, -0.1) is 11.3 Å². The van der Waals surface area contributed by atoms with E-state index in [1.165, 1.54) is 12.1 Å². The molecule has 1 amide bonds. The van der Waals surface area contributed by atoms with Gasteiger partial charge >= 0.3 is 0 Å². The molecular weight excluding hydrogens is 368 g/mol. The molecule has 0 radical (unpaired) electrons. The highest BCUT2D eigenvalue weighted by molar-refractivity contribution is 7.18. The van der Waals surface area contributed by atoms with Gasteiger partial charge in [-0.25, -0.2) is 4.98 Å². The Labute approximate surface area is 159 Å². The smallest absolute Gasteiger partial charge is 0.269 e. The SMILES string of the molecule is O=C(COCc1nc2ccccc2s1)NCCNc1ccc([N+](=O)[O-])cc1. The van der Waals surface area contributed by atoms with Crippen LogP contribution < -0.4 is 10.6 Å². The number of fused-ring (bicyclic) bond motifs is 1. The van der Waals surface area contributed by atoms with Crippen molar-refractivity contribution in [3.05, 3.63) is 63.7 Å². The molecule has 0 spiro atoms. The molecule has 0 atom stereocenters. The summed E-state index contributed by atoms with van der Waals surface area (Å²) in [6.07, 6.45) is 0. The largest absolute Gasteiger partial charge is 0.383 e. The fourth-order valence-corrected chi connectivity index (χ4v) is 3.28. The summed E-state index contributed by atoms with van der Waals surface area (Å²) in [4.78, 5) is 26.4. The Kier molecular flexibility index (Phi) is 6.29. The zero-order valence-electron chi connectivity index (χ0n) is 14.4. The van der Waals surface area contributed by atoms with Crippen LogP contribution in [0, 0.1) is 10.1 Å². The molecule has 9 heteroatoms. The van der Waals surface area contributed by atoms with E-state index >= 15 is 0 Å². The van der Waals surface area contributed by atoms with E-state index in [-0.39, 0.29) is 18.2 Å². The lowest BCUT2D eigenvalue weighted by Gasteiger charge is -2.08. The molecular formula is C18H18N4O4S. The molecule has 0 saturated carbocycles. The lowest BCUT2D eigenvalue weighted by molar-refractivity contribution is -0.384. The number of rotatable bonds is 9. The number of thiazole rings is 1. The first-order valence-electron chi connectivity index (χ1n) is 8.29. The van der Waals surface area contributed by atoms with Crippen LogP contribution in [-0.4, -0.2) is 35.5 Å². The van der Waals surface area contributed by atoms with Gasteiger partial charge in [0.15, 0.2) is 0 Å². The average Bonchev–Trinajstić information content (AvgIpc) is 3.08. The van der Waals surface area contributed by atoms with Gasteiger partial charge < -0.3 is 15.4 Å². The number of nitrogens with one attached hydrogen (secondary N) is 2. The summed E-state index contributed by atoms with van der Waals surface area (Å²) in [7, 11) is 0. The van der Waals surface area contributed by atoms with Crippen LogP contribution in [0.1, 0.15) is 5.01 Å². The molecule has 0 aliphatic rings. The fourth-order valence-electron chi connectivity index (χ4n) is 2.37. The Bertz CT molecular complexity index is 894. The van der Waals surface area contributed by atoms with E-state index in [0.29, 0.717) is 19.7 Å². The van der Waals surface area contributed by atoms with Crippen molar-refractivity contribution < 1.29 is 14.5 Å². The number of carbonyl (C=O) groups is 1. The number of aromatic nitrogens is 1. The molecule has 1 aromatic heterocycles. The van der Waals surface area contributed by atoms with Crippen molar-refractivity contribution in [1.82, 2.24) is 10.3 Å². The molecule has 2 aromatic carbocycles. The number of benzene rings is 2. The van der Waals surface area contributed by atoms with Crippen LogP contribution in [-0.2, 0) is 16.1 Å².